The van der Waals surface area contributed by atoms with Gasteiger partial charge < -0.3 is 14.8 Å². The van der Waals surface area contributed by atoms with Gasteiger partial charge in [0, 0.05) is 11.8 Å². The number of fused-ring (bicyclic) bond motifs is 1. The van der Waals surface area contributed by atoms with Crippen molar-refractivity contribution in [3.63, 3.8) is 0 Å². The molecule has 0 aliphatic carbocycles. The van der Waals surface area contributed by atoms with Gasteiger partial charge >= 0.3 is 0 Å². The van der Waals surface area contributed by atoms with Gasteiger partial charge in [-0.3, -0.25) is 9.59 Å². The smallest absolute Gasteiger partial charge is 0.282 e. The third-order valence-electron chi connectivity index (χ3n) is 6.16. The second kappa shape index (κ2) is 8.37. The number of imide groups is 1. The third kappa shape index (κ3) is 3.71. The maximum atomic E-state index is 13.8. The van der Waals surface area contributed by atoms with Crippen LogP contribution in [-0.2, 0) is 9.59 Å². The summed E-state index contributed by atoms with van der Waals surface area (Å²) in [6.07, 6.45) is 0. The van der Waals surface area contributed by atoms with Gasteiger partial charge in [0.2, 0.25) is 0 Å². The first-order valence-electron chi connectivity index (χ1n) is 11.3. The molecule has 0 unspecified atom stereocenters. The number of carbonyl (C=O) groups is 2. The zero-order chi connectivity index (χ0) is 24.0. The van der Waals surface area contributed by atoms with Crippen LogP contribution in [0.5, 0.6) is 11.5 Å². The number of rotatable bonds is 4. The Morgan fingerprint density at radius 2 is 1.41 bits per heavy atom. The highest BCUT2D eigenvalue weighted by atomic mass is 16.6. The van der Waals surface area contributed by atoms with Crippen molar-refractivity contribution in [3.8, 4) is 11.5 Å². The van der Waals surface area contributed by atoms with Gasteiger partial charge in [-0.1, -0.05) is 41.5 Å². The van der Waals surface area contributed by atoms with E-state index in [9.17, 15) is 9.59 Å². The number of hydrogen-bond donors (Lipinski definition) is 1. The molecular formula is C28H26N2O4. The molecule has 0 bridgehead atoms. The van der Waals surface area contributed by atoms with Crippen LogP contribution in [0.4, 0.5) is 11.4 Å². The van der Waals surface area contributed by atoms with Crippen molar-refractivity contribution in [2.45, 2.75) is 27.7 Å². The molecule has 3 aromatic carbocycles. The average molecular weight is 455 g/mol. The molecule has 6 heteroatoms. The van der Waals surface area contributed by atoms with E-state index >= 15 is 0 Å². The van der Waals surface area contributed by atoms with E-state index < -0.39 is 5.91 Å². The summed E-state index contributed by atoms with van der Waals surface area (Å²) >= 11 is 0. The van der Waals surface area contributed by atoms with E-state index in [-0.39, 0.29) is 11.6 Å². The first-order valence-corrected chi connectivity index (χ1v) is 11.3. The molecule has 3 aromatic rings. The van der Waals surface area contributed by atoms with E-state index in [1.54, 1.807) is 18.2 Å². The molecule has 34 heavy (non-hydrogen) atoms. The summed E-state index contributed by atoms with van der Waals surface area (Å²) in [4.78, 5) is 28.7. The largest absolute Gasteiger partial charge is 0.486 e. The quantitative estimate of drug-likeness (QED) is 0.557. The number of anilines is 2. The van der Waals surface area contributed by atoms with Crippen LogP contribution in [0.3, 0.4) is 0 Å². The van der Waals surface area contributed by atoms with E-state index in [0.717, 1.165) is 33.5 Å². The van der Waals surface area contributed by atoms with E-state index in [2.05, 4.69) is 5.32 Å². The summed E-state index contributed by atoms with van der Waals surface area (Å²) in [6.45, 7) is 8.84. The molecular weight excluding hydrogens is 428 g/mol. The Balaban J connectivity index is 1.63. The summed E-state index contributed by atoms with van der Waals surface area (Å²) in [6, 6.07) is 17.0. The fourth-order valence-electron chi connectivity index (χ4n) is 4.48. The van der Waals surface area contributed by atoms with Gasteiger partial charge in [-0.15, -0.1) is 0 Å². The van der Waals surface area contributed by atoms with Gasteiger partial charge in [-0.2, -0.15) is 0 Å². The molecule has 2 amide bonds. The predicted molar refractivity (Wildman–Crippen MR) is 132 cm³/mol. The Bertz CT molecular complexity index is 1370. The van der Waals surface area contributed by atoms with Crippen LogP contribution in [0, 0.1) is 27.7 Å². The van der Waals surface area contributed by atoms with Crippen LogP contribution in [-0.4, -0.2) is 25.0 Å². The first kappa shape index (κ1) is 21.8. The highest BCUT2D eigenvalue weighted by molar-refractivity contribution is 6.46. The molecule has 0 radical (unpaired) electrons. The van der Waals surface area contributed by atoms with Gasteiger partial charge in [0.25, 0.3) is 11.8 Å². The van der Waals surface area contributed by atoms with Gasteiger partial charge in [-0.05, 0) is 62.6 Å². The molecule has 172 valence electrons. The van der Waals surface area contributed by atoms with Crippen molar-refractivity contribution < 1.29 is 19.1 Å². The number of nitrogens with one attached hydrogen (secondary N) is 1. The number of nitrogens with zero attached hydrogens (tertiary/aromatic N) is 1. The summed E-state index contributed by atoms with van der Waals surface area (Å²) < 4.78 is 11.3. The van der Waals surface area contributed by atoms with Crippen LogP contribution in [0.15, 0.2) is 60.3 Å². The lowest BCUT2D eigenvalue weighted by Gasteiger charge is -2.21. The number of ether oxygens (including phenoxy) is 2. The van der Waals surface area contributed by atoms with E-state index in [1.807, 2.05) is 64.1 Å². The second-order valence-electron chi connectivity index (χ2n) is 8.79. The Morgan fingerprint density at radius 3 is 2.12 bits per heavy atom. The molecule has 2 aliphatic heterocycles. The van der Waals surface area contributed by atoms with Crippen molar-refractivity contribution in [2.24, 2.45) is 0 Å². The summed E-state index contributed by atoms with van der Waals surface area (Å²) in [5.41, 5.74) is 6.72. The number of hydrogen-bond acceptors (Lipinski definition) is 5. The highest BCUT2D eigenvalue weighted by Crippen LogP contribution is 2.39. The molecule has 5 rings (SSSR count). The molecule has 1 N–H and O–H groups in total. The van der Waals surface area contributed by atoms with Crippen molar-refractivity contribution >= 4 is 28.8 Å². The van der Waals surface area contributed by atoms with Gasteiger partial charge in [0.15, 0.2) is 11.5 Å². The zero-order valence-electron chi connectivity index (χ0n) is 19.7. The minimum absolute atomic E-state index is 0.263. The van der Waals surface area contributed by atoms with Gasteiger partial charge in [0.05, 0.1) is 11.3 Å². The average Bonchev–Trinajstić information content (AvgIpc) is 3.04. The molecule has 6 nitrogen and oxygen atoms in total. The lowest BCUT2D eigenvalue weighted by Crippen LogP contribution is -2.32. The molecule has 2 heterocycles. The third-order valence-corrected chi connectivity index (χ3v) is 6.16. The van der Waals surface area contributed by atoms with Gasteiger partial charge in [-0.25, -0.2) is 4.90 Å². The first-order chi connectivity index (χ1) is 16.3. The Kier molecular flexibility index (Phi) is 5.36. The molecule has 0 atom stereocenters. The van der Waals surface area contributed by atoms with Crippen LogP contribution in [0.1, 0.15) is 27.8 Å². The predicted octanol–water partition coefficient (Wildman–Crippen LogP) is 5.09. The topological polar surface area (TPSA) is 67.9 Å². The fraction of sp³-hybridized carbons (Fsp3) is 0.214. The van der Waals surface area contributed by atoms with Crippen LogP contribution >= 0.6 is 0 Å². The van der Waals surface area contributed by atoms with Crippen molar-refractivity contribution in [1.82, 2.24) is 0 Å². The molecule has 0 saturated heterocycles. The van der Waals surface area contributed by atoms with E-state index in [4.69, 9.17) is 9.47 Å². The van der Waals surface area contributed by atoms with Crippen molar-refractivity contribution in [3.05, 3.63) is 88.1 Å². The van der Waals surface area contributed by atoms with Crippen LogP contribution < -0.4 is 19.7 Å². The Hall–Kier alpha value is -4.06. The molecule has 2 aliphatic rings. The number of amides is 2. The standard InChI is InChI=1S/C28H26N2O4/c1-16-5-8-21(18(3)13-16)25-26(29-22-9-6-17(2)14-19(22)4)28(32)30(27(25)31)20-7-10-23-24(15-20)34-12-11-33-23/h5-10,13-15,29H,11-12H2,1-4H3. The maximum absolute atomic E-state index is 13.8. The van der Waals surface area contributed by atoms with E-state index in [0.29, 0.717) is 36.0 Å². The maximum Gasteiger partial charge on any atom is 0.282 e. The number of aryl methyl sites for hydroxylation is 4. The normalized spacial score (nSPS) is 15.2. The molecule has 0 spiro atoms. The van der Waals surface area contributed by atoms with Crippen LogP contribution in [0.25, 0.3) is 5.57 Å². The lowest BCUT2D eigenvalue weighted by molar-refractivity contribution is -0.120. The zero-order valence-corrected chi connectivity index (χ0v) is 19.7. The summed E-state index contributed by atoms with van der Waals surface area (Å²) in [5, 5.41) is 3.28. The number of carbonyl (C=O) groups excluding carboxylic acids is 2. The summed E-state index contributed by atoms with van der Waals surface area (Å²) in [5.74, 6) is 0.344. The second-order valence-corrected chi connectivity index (χ2v) is 8.79. The summed E-state index contributed by atoms with van der Waals surface area (Å²) in [7, 11) is 0. The Morgan fingerprint density at radius 1 is 0.735 bits per heavy atom. The fourth-order valence-corrected chi connectivity index (χ4v) is 4.48. The highest BCUT2D eigenvalue weighted by Gasteiger charge is 2.41. The molecule has 0 saturated carbocycles. The van der Waals surface area contributed by atoms with E-state index in [1.165, 1.54) is 4.90 Å². The lowest BCUT2D eigenvalue weighted by atomic mass is 9.97. The minimum atomic E-state index is -0.406. The van der Waals surface area contributed by atoms with Gasteiger partial charge in [0.1, 0.15) is 18.9 Å². The Labute approximate surface area is 198 Å². The van der Waals surface area contributed by atoms with Crippen molar-refractivity contribution in [2.75, 3.05) is 23.4 Å². The molecule has 0 aromatic heterocycles. The van der Waals surface area contributed by atoms with Crippen molar-refractivity contribution in [1.29, 1.82) is 0 Å². The SMILES string of the molecule is Cc1ccc(NC2=C(c3ccc(C)cc3C)C(=O)N(c3ccc4c(c3)OCCO4)C2=O)c(C)c1. The van der Waals surface area contributed by atoms with Crippen LogP contribution in [0.2, 0.25) is 0 Å². The minimum Gasteiger partial charge on any atom is -0.486 e. The molecule has 0 fully saturated rings. The number of benzene rings is 3. The monoisotopic (exact) mass is 454 g/mol.